The van der Waals surface area contributed by atoms with Crippen molar-refractivity contribution in [2.75, 3.05) is 6.54 Å². The number of carbonyl (C=O) groups excluding carboxylic acids is 1. The molecule has 0 bridgehead atoms. The molecule has 0 unspecified atom stereocenters. The Hall–Kier alpha value is -2.17. The molecular formula is C17H20N2O2. The zero-order chi connectivity index (χ0) is 14.9. The highest BCUT2D eigenvalue weighted by Crippen LogP contribution is 2.04. The molecule has 4 nitrogen and oxygen atoms in total. The number of hydrogen-bond donors (Lipinski definition) is 3. The molecule has 110 valence electrons. The van der Waals surface area contributed by atoms with Crippen molar-refractivity contribution >= 4 is 5.91 Å². The second-order valence-corrected chi connectivity index (χ2v) is 4.84. The highest BCUT2D eigenvalue weighted by molar-refractivity contribution is 5.77. The summed E-state index contributed by atoms with van der Waals surface area (Å²) in [6, 6.07) is 17.5. The molecule has 1 amide bonds. The average molecular weight is 284 g/mol. The summed E-state index contributed by atoms with van der Waals surface area (Å²) in [5.41, 5.74) is 3.02. The van der Waals surface area contributed by atoms with E-state index in [-0.39, 0.29) is 19.1 Å². The Morgan fingerprint density at radius 3 is 2.38 bits per heavy atom. The average Bonchev–Trinajstić information content (AvgIpc) is 2.54. The standard InChI is InChI=1S/C17H20N2O2/c20-13-16-8-4-7-15(9-16)10-18-12-17(21)19-11-14-5-2-1-3-6-14/h1-9,18,20H,10-13H2,(H,19,21). The van der Waals surface area contributed by atoms with E-state index < -0.39 is 0 Å². The van der Waals surface area contributed by atoms with E-state index in [1.165, 1.54) is 0 Å². The van der Waals surface area contributed by atoms with Gasteiger partial charge in [0.2, 0.25) is 5.91 Å². The lowest BCUT2D eigenvalue weighted by atomic mass is 10.1. The Morgan fingerprint density at radius 2 is 1.62 bits per heavy atom. The molecule has 0 atom stereocenters. The van der Waals surface area contributed by atoms with Crippen LogP contribution in [0.4, 0.5) is 0 Å². The second kappa shape index (κ2) is 8.19. The van der Waals surface area contributed by atoms with E-state index >= 15 is 0 Å². The van der Waals surface area contributed by atoms with Gasteiger partial charge in [-0.15, -0.1) is 0 Å². The molecule has 0 aliphatic heterocycles. The van der Waals surface area contributed by atoms with Crippen LogP contribution in [-0.4, -0.2) is 17.6 Å². The first kappa shape index (κ1) is 15.2. The molecule has 0 saturated carbocycles. The van der Waals surface area contributed by atoms with Crippen molar-refractivity contribution in [3.05, 3.63) is 71.3 Å². The van der Waals surface area contributed by atoms with E-state index in [1.54, 1.807) is 0 Å². The van der Waals surface area contributed by atoms with Crippen LogP contribution in [0.1, 0.15) is 16.7 Å². The first-order chi connectivity index (χ1) is 10.3. The van der Waals surface area contributed by atoms with Crippen LogP contribution in [-0.2, 0) is 24.5 Å². The van der Waals surface area contributed by atoms with E-state index in [0.29, 0.717) is 13.1 Å². The van der Waals surface area contributed by atoms with Gasteiger partial charge in [-0.25, -0.2) is 0 Å². The van der Waals surface area contributed by atoms with E-state index in [0.717, 1.165) is 16.7 Å². The highest BCUT2D eigenvalue weighted by atomic mass is 16.3. The van der Waals surface area contributed by atoms with Crippen molar-refractivity contribution in [2.45, 2.75) is 19.7 Å². The van der Waals surface area contributed by atoms with Crippen LogP contribution in [0.15, 0.2) is 54.6 Å². The van der Waals surface area contributed by atoms with Gasteiger partial charge in [-0.3, -0.25) is 4.79 Å². The van der Waals surface area contributed by atoms with E-state index in [9.17, 15) is 4.79 Å². The molecule has 0 fully saturated rings. The molecule has 4 heteroatoms. The lowest BCUT2D eigenvalue weighted by molar-refractivity contribution is -0.120. The molecule has 2 rings (SSSR count). The number of amides is 1. The van der Waals surface area contributed by atoms with Gasteiger partial charge in [0.1, 0.15) is 0 Å². The van der Waals surface area contributed by atoms with Gasteiger partial charge in [-0.2, -0.15) is 0 Å². The van der Waals surface area contributed by atoms with Crippen LogP contribution in [0.5, 0.6) is 0 Å². The minimum atomic E-state index is -0.0304. The molecule has 2 aromatic rings. The van der Waals surface area contributed by atoms with Crippen molar-refractivity contribution in [1.29, 1.82) is 0 Å². The third kappa shape index (κ3) is 5.38. The summed E-state index contributed by atoms with van der Waals surface area (Å²) in [4.78, 5) is 11.7. The second-order valence-electron chi connectivity index (χ2n) is 4.84. The van der Waals surface area contributed by atoms with Crippen molar-refractivity contribution in [2.24, 2.45) is 0 Å². The Morgan fingerprint density at radius 1 is 0.905 bits per heavy atom. The van der Waals surface area contributed by atoms with Crippen LogP contribution < -0.4 is 10.6 Å². The summed E-state index contributed by atoms with van der Waals surface area (Å²) in [6.07, 6.45) is 0. The van der Waals surface area contributed by atoms with Gasteiger partial charge < -0.3 is 15.7 Å². The number of carbonyl (C=O) groups is 1. The van der Waals surface area contributed by atoms with Gasteiger partial charge >= 0.3 is 0 Å². The SMILES string of the molecule is O=C(CNCc1cccc(CO)c1)NCc1ccccc1. The molecule has 0 aliphatic carbocycles. The first-order valence-electron chi connectivity index (χ1n) is 6.98. The van der Waals surface area contributed by atoms with Gasteiger partial charge in [0.15, 0.2) is 0 Å². The van der Waals surface area contributed by atoms with Crippen LogP contribution in [0.2, 0.25) is 0 Å². The summed E-state index contributed by atoms with van der Waals surface area (Å²) >= 11 is 0. The quantitative estimate of drug-likeness (QED) is 0.723. The fourth-order valence-corrected chi connectivity index (χ4v) is 2.02. The Bertz CT molecular complexity index is 570. The van der Waals surface area contributed by atoms with Gasteiger partial charge in [0, 0.05) is 13.1 Å². The smallest absolute Gasteiger partial charge is 0.234 e. The molecule has 2 aromatic carbocycles. The van der Waals surface area contributed by atoms with E-state index in [2.05, 4.69) is 10.6 Å². The summed E-state index contributed by atoms with van der Waals surface area (Å²) in [7, 11) is 0. The van der Waals surface area contributed by atoms with E-state index in [4.69, 9.17) is 5.11 Å². The molecule has 0 radical (unpaired) electrons. The third-order valence-electron chi connectivity index (χ3n) is 3.12. The van der Waals surface area contributed by atoms with Gasteiger partial charge in [-0.05, 0) is 16.7 Å². The zero-order valence-electron chi connectivity index (χ0n) is 11.9. The topological polar surface area (TPSA) is 61.4 Å². The van der Waals surface area contributed by atoms with Crippen molar-refractivity contribution in [1.82, 2.24) is 10.6 Å². The van der Waals surface area contributed by atoms with Crippen molar-refractivity contribution in [3.8, 4) is 0 Å². The summed E-state index contributed by atoms with van der Waals surface area (Å²) in [5, 5.41) is 15.0. The maximum atomic E-state index is 11.7. The minimum Gasteiger partial charge on any atom is -0.392 e. The van der Waals surface area contributed by atoms with Crippen LogP contribution >= 0.6 is 0 Å². The van der Waals surface area contributed by atoms with Gasteiger partial charge in [0.05, 0.1) is 13.2 Å². The van der Waals surface area contributed by atoms with Crippen molar-refractivity contribution < 1.29 is 9.90 Å². The predicted octanol–water partition coefficient (Wildman–Crippen LogP) is 1.58. The van der Waals surface area contributed by atoms with Gasteiger partial charge in [-0.1, -0.05) is 54.6 Å². The minimum absolute atomic E-state index is 0.0304. The Balaban J connectivity index is 1.69. The first-order valence-corrected chi connectivity index (χ1v) is 6.98. The summed E-state index contributed by atoms with van der Waals surface area (Å²) < 4.78 is 0. The van der Waals surface area contributed by atoms with Crippen LogP contribution in [0.25, 0.3) is 0 Å². The molecule has 3 N–H and O–H groups in total. The molecule has 0 saturated heterocycles. The fourth-order valence-electron chi connectivity index (χ4n) is 2.02. The molecular weight excluding hydrogens is 264 g/mol. The number of benzene rings is 2. The number of aliphatic hydroxyl groups excluding tert-OH is 1. The van der Waals surface area contributed by atoms with Crippen LogP contribution in [0, 0.1) is 0 Å². The number of hydrogen-bond acceptors (Lipinski definition) is 3. The van der Waals surface area contributed by atoms with Crippen molar-refractivity contribution in [3.63, 3.8) is 0 Å². The Kier molecular flexibility index (Phi) is 5.94. The lowest BCUT2D eigenvalue weighted by Gasteiger charge is -2.07. The largest absolute Gasteiger partial charge is 0.392 e. The molecule has 0 aromatic heterocycles. The number of rotatable bonds is 7. The predicted molar refractivity (Wildman–Crippen MR) is 82.4 cm³/mol. The number of nitrogens with one attached hydrogen (secondary N) is 2. The monoisotopic (exact) mass is 284 g/mol. The molecule has 0 spiro atoms. The third-order valence-corrected chi connectivity index (χ3v) is 3.12. The van der Waals surface area contributed by atoms with Crippen LogP contribution in [0.3, 0.4) is 0 Å². The maximum Gasteiger partial charge on any atom is 0.234 e. The Labute approximate surface area is 124 Å². The molecule has 0 aliphatic rings. The maximum absolute atomic E-state index is 11.7. The molecule has 0 heterocycles. The molecule has 21 heavy (non-hydrogen) atoms. The lowest BCUT2D eigenvalue weighted by Crippen LogP contribution is -2.33. The fraction of sp³-hybridized carbons (Fsp3) is 0.235. The van der Waals surface area contributed by atoms with Gasteiger partial charge in [0.25, 0.3) is 0 Å². The summed E-state index contributed by atoms with van der Waals surface area (Å²) in [6.45, 7) is 1.45. The zero-order valence-corrected chi connectivity index (χ0v) is 11.9. The highest BCUT2D eigenvalue weighted by Gasteiger charge is 2.01. The summed E-state index contributed by atoms with van der Waals surface area (Å²) in [5.74, 6) is -0.0304. The van der Waals surface area contributed by atoms with E-state index in [1.807, 2.05) is 54.6 Å². The normalized spacial score (nSPS) is 10.3. The number of aliphatic hydroxyl groups is 1.